The molecule has 0 saturated carbocycles. The molecule has 0 bridgehead atoms. The molecule has 1 saturated heterocycles. The van der Waals surface area contributed by atoms with E-state index in [0.717, 1.165) is 32.7 Å². The Hall–Kier alpha value is -0.900. The summed E-state index contributed by atoms with van der Waals surface area (Å²) in [5.74, 6) is 0. The van der Waals surface area contributed by atoms with Gasteiger partial charge < -0.3 is 10.1 Å². The van der Waals surface area contributed by atoms with Crippen LogP contribution in [0.15, 0.2) is 24.3 Å². The SMILES string of the molecule is CCC1COCCN1CCC(NC)c1ccc(C)cc1. The smallest absolute Gasteiger partial charge is 0.0622 e. The van der Waals surface area contributed by atoms with E-state index >= 15 is 0 Å². The maximum atomic E-state index is 5.58. The molecule has 1 aromatic rings. The van der Waals surface area contributed by atoms with Crippen LogP contribution in [0, 0.1) is 6.92 Å². The fourth-order valence-corrected chi connectivity index (χ4v) is 2.93. The largest absolute Gasteiger partial charge is 0.378 e. The van der Waals surface area contributed by atoms with Crippen molar-refractivity contribution in [2.24, 2.45) is 0 Å². The van der Waals surface area contributed by atoms with E-state index in [2.05, 4.69) is 55.4 Å². The third-order valence-electron chi connectivity index (χ3n) is 4.35. The molecule has 2 rings (SSSR count). The Labute approximate surface area is 123 Å². The second kappa shape index (κ2) is 7.77. The highest BCUT2D eigenvalue weighted by atomic mass is 16.5. The molecule has 3 heteroatoms. The monoisotopic (exact) mass is 276 g/mol. The van der Waals surface area contributed by atoms with Crippen LogP contribution in [-0.2, 0) is 4.74 Å². The molecule has 0 aliphatic carbocycles. The number of benzene rings is 1. The van der Waals surface area contributed by atoms with Crippen LogP contribution >= 0.6 is 0 Å². The predicted molar refractivity (Wildman–Crippen MR) is 84.1 cm³/mol. The van der Waals surface area contributed by atoms with Crippen LogP contribution in [0.3, 0.4) is 0 Å². The Morgan fingerprint density at radius 1 is 1.35 bits per heavy atom. The van der Waals surface area contributed by atoms with E-state index in [0.29, 0.717) is 12.1 Å². The number of rotatable bonds is 6. The molecule has 20 heavy (non-hydrogen) atoms. The van der Waals surface area contributed by atoms with Crippen molar-refractivity contribution in [3.8, 4) is 0 Å². The number of ether oxygens (including phenoxy) is 1. The molecular formula is C17H28N2O. The molecule has 1 N–H and O–H groups in total. The molecule has 1 aliphatic heterocycles. The summed E-state index contributed by atoms with van der Waals surface area (Å²) in [5.41, 5.74) is 2.71. The Balaban J connectivity index is 1.91. The second-order valence-electron chi connectivity index (χ2n) is 5.71. The zero-order valence-electron chi connectivity index (χ0n) is 13.1. The maximum absolute atomic E-state index is 5.58. The maximum Gasteiger partial charge on any atom is 0.0622 e. The van der Waals surface area contributed by atoms with Crippen molar-refractivity contribution in [3.63, 3.8) is 0 Å². The summed E-state index contributed by atoms with van der Waals surface area (Å²) in [5, 5.41) is 3.45. The van der Waals surface area contributed by atoms with Gasteiger partial charge in [-0.05, 0) is 32.4 Å². The number of hydrogen-bond acceptors (Lipinski definition) is 3. The van der Waals surface area contributed by atoms with Gasteiger partial charge in [-0.3, -0.25) is 4.90 Å². The highest BCUT2D eigenvalue weighted by molar-refractivity contribution is 5.24. The van der Waals surface area contributed by atoms with Crippen molar-refractivity contribution in [3.05, 3.63) is 35.4 Å². The molecule has 112 valence electrons. The summed E-state index contributed by atoms with van der Waals surface area (Å²) in [6.07, 6.45) is 2.32. The second-order valence-corrected chi connectivity index (χ2v) is 5.71. The summed E-state index contributed by atoms with van der Waals surface area (Å²) >= 11 is 0. The van der Waals surface area contributed by atoms with Crippen LogP contribution in [0.4, 0.5) is 0 Å². The first-order valence-electron chi connectivity index (χ1n) is 7.80. The van der Waals surface area contributed by atoms with E-state index in [1.165, 1.54) is 17.5 Å². The van der Waals surface area contributed by atoms with Crippen molar-refractivity contribution < 1.29 is 4.74 Å². The summed E-state index contributed by atoms with van der Waals surface area (Å²) in [6.45, 7) is 8.38. The minimum atomic E-state index is 0.441. The molecular weight excluding hydrogens is 248 g/mol. The van der Waals surface area contributed by atoms with Crippen molar-refractivity contribution >= 4 is 0 Å². The van der Waals surface area contributed by atoms with Gasteiger partial charge in [0.05, 0.1) is 13.2 Å². The van der Waals surface area contributed by atoms with Crippen molar-refractivity contribution in [2.75, 3.05) is 33.4 Å². The summed E-state index contributed by atoms with van der Waals surface area (Å²) < 4.78 is 5.58. The van der Waals surface area contributed by atoms with Crippen LogP contribution in [0.2, 0.25) is 0 Å². The molecule has 2 unspecified atom stereocenters. The van der Waals surface area contributed by atoms with Gasteiger partial charge in [0.15, 0.2) is 0 Å². The van der Waals surface area contributed by atoms with Gasteiger partial charge in [-0.25, -0.2) is 0 Å². The summed E-state index contributed by atoms with van der Waals surface area (Å²) in [4.78, 5) is 2.59. The average molecular weight is 276 g/mol. The number of nitrogens with zero attached hydrogens (tertiary/aromatic N) is 1. The van der Waals surface area contributed by atoms with Gasteiger partial charge in [-0.1, -0.05) is 36.8 Å². The molecule has 2 atom stereocenters. The van der Waals surface area contributed by atoms with Gasteiger partial charge in [0.25, 0.3) is 0 Å². The molecule has 0 spiro atoms. The van der Waals surface area contributed by atoms with Gasteiger partial charge in [0.1, 0.15) is 0 Å². The van der Waals surface area contributed by atoms with Gasteiger partial charge >= 0.3 is 0 Å². The molecule has 1 heterocycles. The topological polar surface area (TPSA) is 24.5 Å². The number of aryl methyl sites for hydroxylation is 1. The Morgan fingerprint density at radius 3 is 2.75 bits per heavy atom. The first-order chi connectivity index (χ1) is 9.74. The molecule has 0 aromatic heterocycles. The van der Waals surface area contributed by atoms with Crippen molar-refractivity contribution in [1.82, 2.24) is 10.2 Å². The molecule has 0 amide bonds. The lowest BCUT2D eigenvalue weighted by Crippen LogP contribution is -2.46. The number of hydrogen-bond donors (Lipinski definition) is 1. The summed E-state index contributed by atoms with van der Waals surface area (Å²) in [7, 11) is 2.06. The lowest BCUT2D eigenvalue weighted by molar-refractivity contribution is -0.00997. The van der Waals surface area contributed by atoms with E-state index in [-0.39, 0.29) is 0 Å². The average Bonchev–Trinajstić information content (AvgIpc) is 2.50. The van der Waals surface area contributed by atoms with Gasteiger partial charge in [-0.2, -0.15) is 0 Å². The Morgan fingerprint density at radius 2 is 2.10 bits per heavy atom. The normalized spacial score (nSPS) is 21.9. The van der Waals surface area contributed by atoms with Crippen molar-refractivity contribution in [1.29, 1.82) is 0 Å². The van der Waals surface area contributed by atoms with E-state index in [1.54, 1.807) is 0 Å². The van der Waals surface area contributed by atoms with Gasteiger partial charge in [0, 0.05) is 25.2 Å². The number of morpholine rings is 1. The van der Waals surface area contributed by atoms with Crippen LogP contribution < -0.4 is 5.32 Å². The molecule has 1 aromatic carbocycles. The van der Waals surface area contributed by atoms with E-state index in [9.17, 15) is 0 Å². The first-order valence-corrected chi connectivity index (χ1v) is 7.80. The Kier molecular flexibility index (Phi) is 6.02. The fraction of sp³-hybridized carbons (Fsp3) is 0.647. The standard InChI is InChI=1S/C17H28N2O/c1-4-16-13-20-12-11-19(16)10-9-17(18-3)15-7-5-14(2)6-8-15/h5-8,16-18H,4,9-13H2,1-3H3. The zero-order valence-corrected chi connectivity index (χ0v) is 13.1. The van der Waals surface area contributed by atoms with E-state index < -0.39 is 0 Å². The first kappa shape index (κ1) is 15.5. The zero-order chi connectivity index (χ0) is 14.4. The van der Waals surface area contributed by atoms with Gasteiger partial charge in [0.2, 0.25) is 0 Å². The number of nitrogens with one attached hydrogen (secondary N) is 1. The molecule has 0 radical (unpaired) electrons. The molecule has 3 nitrogen and oxygen atoms in total. The quantitative estimate of drug-likeness (QED) is 0.864. The predicted octanol–water partition coefficient (Wildman–Crippen LogP) is 2.76. The van der Waals surface area contributed by atoms with E-state index in [1.807, 2.05) is 0 Å². The summed E-state index contributed by atoms with van der Waals surface area (Å²) in [6, 6.07) is 9.92. The van der Waals surface area contributed by atoms with Crippen LogP contribution in [0.1, 0.15) is 36.9 Å². The fourth-order valence-electron chi connectivity index (χ4n) is 2.93. The lowest BCUT2D eigenvalue weighted by atomic mass is 10.0. The van der Waals surface area contributed by atoms with Crippen LogP contribution in [-0.4, -0.2) is 44.3 Å². The van der Waals surface area contributed by atoms with Crippen LogP contribution in [0.25, 0.3) is 0 Å². The molecule has 1 aliphatic rings. The third-order valence-corrected chi connectivity index (χ3v) is 4.35. The van der Waals surface area contributed by atoms with Crippen LogP contribution in [0.5, 0.6) is 0 Å². The molecule has 1 fully saturated rings. The minimum Gasteiger partial charge on any atom is -0.378 e. The van der Waals surface area contributed by atoms with Crippen molar-refractivity contribution in [2.45, 2.75) is 38.8 Å². The van der Waals surface area contributed by atoms with Gasteiger partial charge in [-0.15, -0.1) is 0 Å². The Bertz CT molecular complexity index is 390. The highest BCUT2D eigenvalue weighted by Crippen LogP contribution is 2.19. The van der Waals surface area contributed by atoms with E-state index in [4.69, 9.17) is 4.74 Å². The third kappa shape index (κ3) is 4.05. The highest BCUT2D eigenvalue weighted by Gasteiger charge is 2.22. The minimum absolute atomic E-state index is 0.441. The lowest BCUT2D eigenvalue weighted by Gasteiger charge is -2.35.